The van der Waals surface area contributed by atoms with Crippen molar-refractivity contribution in [1.29, 1.82) is 0 Å². The summed E-state index contributed by atoms with van der Waals surface area (Å²) in [6.45, 7) is 0.807. The van der Waals surface area contributed by atoms with Gasteiger partial charge in [-0.1, -0.05) is 0 Å². The summed E-state index contributed by atoms with van der Waals surface area (Å²) in [7, 11) is 1.64. The highest BCUT2D eigenvalue weighted by Gasteiger charge is 2.01. The van der Waals surface area contributed by atoms with E-state index in [2.05, 4.69) is 15.7 Å². The molecular formula is C12H15N3OS. The van der Waals surface area contributed by atoms with Crippen LogP contribution < -0.4 is 15.8 Å². The number of nitrogens with zero attached hydrogens (tertiary/aromatic N) is 1. The molecule has 2 aromatic rings. The average Bonchev–Trinajstić information content (AvgIpc) is 2.84. The van der Waals surface area contributed by atoms with Crippen molar-refractivity contribution >= 4 is 22.7 Å². The van der Waals surface area contributed by atoms with Crippen molar-refractivity contribution in [2.45, 2.75) is 6.42 Å². The zero-order valence-electron chi connectivity index (χ0n) is 9.64. The van der Waals surface area contributed by atoms with Crippen LogP contribution in [0.25, 0.3) is 0 Å². The molecule has 17 heavy (non-hydrogen) atoms. The predicted octanol–water partition coefficient (Wildman–Crippen LogP) is 2.39. The molecule has 0 spiro atoms. The molecule has 0 amide bonds. The third-order valence-electron chi connectivity index (χ3n) is 2.44. The number of methoxy groups -OCH3 is 1. The number of thiazole rings is 1. The van der Waals surface area contributed by atoms with E-state index < -0.39 is 0 Å². The van der Waals surface area contributed by atoms with E-state index in [-0.39, 0.29) is 0 Å². The summed E-state index contributed by atoms with van der Waals surface area (Å²) >= 11 is 1.61. The molecule has 1 aromatic carbocycles. The SMILES string of the molecule is COc1ccc(N)c(NCCc2cscn2)c1. The van der Waals surface area contributed by atoms with Crippen molar-refractivity contribution in [3.8, 4) is 5.75 Å². The van der Waals surface area contributed by atoms with Gasteiger partial charge in [-0.2, -0.15) is 0 Å². The van der Waals surface area contributed by atoms with Crippen molar-refractivity contribution in [2.24, 2.45) is 0 Å². The first kappa shape index (κ1) is 11.7. The molecule has 0 aliphatic rings. The number of benzene rings is 1. The molecule has 0 radical (unpaired) electrons. The van der Waals surface area contributed by atoms with Gasteiger partial charge in [-0.15, -0.1) is 11.3 Å². The molecule has 0 saturated heterocycles. The van der Waals surface area contributed by atoms with Gasteiger partial charge in [0.1, 0.15) is 5.75 Å². The van der Waals surface area contributed by atoms with Crippen LogP contribution in [0.4, 0.5) is 11.4 Å². The third-order valence-corrected chi connectivity index (χ3v) is 3.08. The van der Waals surface area contributed by atoms with Gasteiger partial charge in [0.2, 0.25) is 0 Å². The summed E-state index contributed by atoms with van der Waals surface area (Å²) in [5.41, 5.74) is 10.4. The Labute approximate surface area is 104 Å². The molecule has 1 aromatic heterocycles. The van der Waals surface area contributed by atoms with Gasteiger partial charge < -0.3 is 15.8 Å². The van der Waals surface area contributed by atoms with Crippen LogP contribution in [-0.2, 0) is 6.42 Å². The fourth-order valence-electron chi connectivity index (χ4n) is 1.50. The van der Waals surface area contributed by atoms with Crippen LogP contribution in [0.3, 0.4) is 0 Å². The third kappa shape index (κ3) is 3.10. The number of hydrogen-bond acceptors (Lipinski definition) is 5. The Morgan fingerprint density at radius 3 is 3.06 bits per heavy atom. The Morgan fingerprint density at radius 2 is 2.35 bits per heavy atom. The Kier molecular flexibility index (Phi) is 3.82. The monoisotopic (exact) mass is 249 g/mol. The lowest BCUT2D eigenvalue weighted by Crippen LogP contribution is -2.07. The molecule has 0 bridgehead atoms. The van der Waals surface area contributed by atoms with Gasteiger partial charge in [0.15, 0.2) is 0 Å². The Bertz CT molecular complexity index is 471. The minimum absolute atomic E-state index is 0.726. The van der Waals surface area contributed by atoms with Crippen LogP contribution in [0, 0.1) is 0 Å². The quantitative estimate of drug-likeness (QED) is 0.799. The van der Waals surface area contributed by atoms with Crippen molar-refractivity contribution in [1.82, 2.24) is 4.98 Å². The Hall–Kier alpha value is -1.75. The van der Waals surface area contributed by atoms with Gasteiger partial charge >= 0.3 is 0 Å². The number of aromatic nitrogens is 1. The van der Waals surface area contributed by atoms with Gasteiger partial charge in [-0.05, 0) is 12.1 Å². The summed E-state index contributed by atoms with van der Waals surface area (Å²) in [6.07, 6.45) is 0.889. The van der Waals surface area contributed by atoms with E-state index in [0.717, 1.165) is 35.8 Å². The molecule has 0 unspecified atom stereocenters. The topological polar surface area (TPSA) is 60.2 Å². The smallest absolute Gasteiger partial charge is 0.121 e. The number of nitrogens with two attached hydrogens (primary N) is 1. The molecular weight excluding hydrogens is 234 g/mol. The number of rotatable bonds is 5. The minimum atomic E-state index is 0.726. The number of nitrogens with one attached hydrogen (secondary N) is 1. The molecule has 0 saturated carbocycles. The van der Waals surface area contributed by atoms with Crippen molar-refractivity contribution in [2.75, 3.05) is 24.7 Å². The van der Waals surface area contributed by atoms with E-state index in [4.69, 9.17) is 10.5 Å². The second kappa shape index (κ2) is 5.54. The molecule has 5 heteroatoms. The van der Waals surface area contributed by atoms with Gasteiger partial charge in [0.05, 0.1) is 29.7 Å². The largest absolute Gasteiger partial charge is 0.497 e. The maximum Gasteiger partial charge on any atom is 0.121 e. The first-order valence-corrected chi connectivity index (χ1v) is 6.28. The van der Waals surface area contributed by atoms with Crippen molar-refractivity contribution < 1.29 is 4.74 Å². The summed E-state index contributed by atoms with van der Waals surface area (Å²) in [5.74, 6) is 0.801. The molecule has 0 aliphatic carbocycles. The average molecular weight is 249 g/mol. The molecule has 2 rings (SSSR count). The highest BCUT2D eigenvalue weighted by Crippen LogP contribution is 2.24. The summed E-state index contributed by atoms with van der Waals surface area (Å²) in [6, 6.07) is 5.58. The highest BCUT2D eigenvalue weighted by atomic mass is 32.1. The van der Waals surface area contributed by atoms with Crippen LogP contribution in [0.1, 0.15) is 5.69 Å². The van der Waals surface area contributed by atoms with E-state index in [9.17, 15) is 0 Å². The van der Waals surface area contributed by atoms with Crippen LogP contribution >= 0.6 is 11.3 Å². The van der Waals surface area contributed by atoms with Crippen LogP contribution in [0.2, 0.25) is 0 Å². The zero-order valence-corrected chi connectivity index (χ0v) is 10.5. The molecule has 4 nitrogen and oxygen atoms in total. The standard InChI is InChI=1S/C12H15N3OS/c1-16-10-2-3-11(13)12(6-10)14-5-4-9-7-17-8-15-9/h2-3,6-8,14H,4-5,13H2,1H3. The molecule has 0 fully saturated rings. The van der Waals surface area contributed by atoms with Gasteiger partial charge in [0.25, 0.3) is 0 Å². The van der Waals surface area contributed by atoms with Crippen LogP contribution in [0.15, 0.2) is 29.1 Å². The lowest BCUT2D eigenvalue weighted by atomic mass is 10.2. The minimum Gasteiger partial charge on any atom is -0.497 e. The molecule has 0 aliphatic heterocycles. The van der Waals surface area contributed by atoms with E-state index >= 15 is 0 Å². The van der Waals surface area contributed by atoms with Gasteiger partial charge in [0, 0.05) is 24.4 Å². The van der Waals surface area contributed by atoms with Gasteiger partial charge in [-0.25, -0.2) is 4.98 Å². The van der Waals surface area contributed by atoms with Crippen LogP contribution in [0.5, 0.6) is 5.75 Å². The predicted molar refractivity (Wildman–Crippen MR) is 71.7 cm³/mol. The van der Waals surface area contributed by atoms with E-state index in [1.165, 1.54) is 0 Å². The second-order valence-corrected chi connectivity index (χ2v) is 4.33. The summed E-state index contributed by atoms with van der Waals surface area (Å²) in [4.78, 5) is 4.23. The van der Waals surface area contributed by atoms with E-state index in [0.29, 0.717) is 0 Å². The van der Waals surface area contributed by atoms with E-state index in [1.807, 2.05) is 23.7 Å². The lowest BCUT2D eigenvalue weighted by Gasteiger charge is -2.10. The molecule has 0 atom stereocenters. The first-order chi connectivity index (χ1) is 8.29. The van der Waals surface area contributed by atoms with E-state index in [1.54, 1.807) is 18.4 Å². The number of anilines is 2. The van der Waals surface area contributed by atoms with Crippen molar-refractivity contribution in [3.63, 3.8) is 0 Å². The van der Waals surface area contributed by atoms with Gasteiger partial charge in [-0.3, -0.25) is 0 Å². The second-order valence-electron chi connectivity index (χ2n) is 3.61. The Balaban J connectivity index is 1.94. The summed E-state index contributed by atoms with van der Waals surface area (Å²) in [5, 5.41) is 5.34. The zero-order chi connectivity index (χ0) is 12.1. The number of hydrogen-bond donors (Lipinski definition) is 2. The maximum atomic E-state index is 5.87. The first-order valence-electron chi connectivity index (χ1n) is 5.34. The molecule has 90 valence electrons. The Morgan fingerprint density at radius 1 is 1.47 bits per heavy atom. The molecule has 3 N–H and O–H groups in total. The highest BCUT2D eigenvalue weighted by molar-refractivity contribution is 7.07. The fourth-order valence-corrected chi connectivity index (χ4v) is 2.09. The number of ether oxygens (including phenoxy) is 1. The summed E-state index contributed by atoms with van der Waals surface area (Å²) < 4.78 is 5.16. The lowest BCUT2D eigenvalue weighted by molar-refractivity contribution is 0.415. The van der Waals surface area contributed by atoms with Crippen molar-refractivity contribution in [3.05, 3.63) is 34.8 Å². The van der Waals surface area contributed by atoms with Crippen LogP contribution in [-0.4, -0.2) is 18.6 Å². The fraction of sp³-hybridized carbons (Fsp3) is 0.250. The molecule has 1 heterocycles. The maximum absolute atomic E-state index is 5.87. The number of nitrogen functional groups attached to an aromatic ring is 1. The normalized spacial score (nSPS) is 10.2.